The van der Waals surface area contributed by atoms with Gasteiger partial charge in [-0.05, 0) is 0 Å². The van der Waals surface area contributed by atoms with E-state index in [9.17, 15) is 19.2 Å². The predicted octanol–water partition coefficient (Wildman–Crippen LogP) is 4.54. The first-order valence-electron chi connectivity index (χ1n) is 11.9. The van der Waals surface area contributed by atoms with Gasteiger partial charge in [-0.1, -0.05) is 55.4 Å². The van der Waals surface area contributed by atoms with Gasteiger partial charge in [0.2, 0.25) is 0 Å². The van der Waals surface area contributed by atoms with E-state index >= 15 is 0 Å². The average molecular weight is 601 g/mol. The number of carbonyl (C=O) groups excluding carboxylic acids is 4. The van der Waals surface area contributed by atoms with Gasteiger partial charge in [0.1, 0.15) is 31.8 Å². The van der Waals surface area contributed by atoms with Crippen LogP contribution in [0, 0.1) is 5.41 Å². The Hall–Kier alpha value is -0.720. The Balaban J connectivity index is 5.90. The van der Waals surface area contributed by atoms with Gasteiger partial charge in [0, 0.05) is 19.0 Å². The minimum atomic E-state index is -1.35. The summed E-state index contributed by atoms with van der Waals surface area (Å²) in [6.07, 6.45) is 0.00429. The zero-order valence-corrected chi connectivity index (χ0v) is 26.8. The molecule has 12 heteroatoms. The highest BCUT2D eigenvalue weighted by Gasteiger charge is 2.39. The van der Waals surface area contributed by atoms with E-state index in [1.54, 1.807) is 55.4 Å². The molecule has 0 unspecified atom stereocenters. The fourth-order valence-electron chi connectivity index (χ4n) is 2.80. The van der Waals surface area contributed by atoms with Gasteiger partial charge in [-0.25, -0.2) is 0 Å². The number of rotatable bonds is 16. The van der Waals surface area contributed by atoms with Gasteiger partial charge in [0.25, 0.3) is 0 Å². The summed E-state index contributed by atoms with van der Waals surface area (Å²) in [5.41, 5.74) is -1.35. The van der Waals surface area contributed by atoms with Crippen LogP contribution < -0.4 is 0 Å². The Morgan fingerprint density at radius 3 is 0.730 bits per heavy atom. The molecule has 0 saturated carbocycles. The van der Waals surface area contributed by atoms with E-state index in [1.807, 2.05) is 0 Å². The van der Waals surface area contributed by atoms with Crippen molar-refractivity contribution in [2.24, 2.45) is 5.41 Å². The van der Waals surface area contributed by atoms with E-state index in [0.717, 1.165) is 0 Å². The second-order valence-corrected chi connectivity index (χ2v) is 16.9. The molecule has 0 fully saturated rings. The smallest absolute Gasteiger partial charge is 0.307 e. The predicted molar refractivity (Wildman–Crippen MR) is 157 cm³/mol. The highest BCUT2D eigenvalue weighted by molar-refractivity contribution is 7.82. The molecule has 0 spiro atoms. The van der Waals surface area contributed by atoms with Crippen LogP contribution in [-0.4, -0.2) is 69.3 Å². The molecule has 0 aliphatic rings. The number of hydrogen-bond acceptors (Lipinski definition) is 12. The van der Waals surface area contributed by atoms with Gasteiger partial charge in [0.15, 0.2) is 0 Å². The highest BCUT2D eigenvalue weighted by atomic mass is 32.1. The fraction of sp³-hybridized carbons (Fsp3) is 0.840. The summed E-state index contributed by atoms with van der Waals surface area (Å²) in [6.45, 7) is 12.7. The average Bonchev–Trinajstić information content (AvgIpc) is 2.61. The van der Waals surface area contributed by atoms with E-state index in [-0.39, 0.29) is 52.1 Å². The van der Waals surface area contributed by atoms with Crippen molar-refractivity contribution >= 4 is 74.4 Å². The van der Waals surface area contributed by atoms with Crippen LogP contribution in [-0.2, 0) is 38.1 Å². The molecule has 0 aliphatic carbocycles. The second-order valence-electron chi connectivity index (χ2n) is 12.1. The summed E-state index contributed by atoms with van der Waals surface area (Å²) in [7, 11) is 0. The standard InChI is InChI=1S/C25H44O8S4/c1-21(2,34)9-17(26)30-13-25(14-31-18(27)10-22(3,4)35,15-32-19(28)11-23(5,6)36)16-33-20(29)12-24(7,8)37/h34-37H,9-16H2,1-8H3. The molecule has 216 valence electrons. The normalized spacial score (nSPS) is 13.1. The van der Waals surface area contributed by atoms with Gasteiger partial charge < -0.3 is 18.9 Å². The lowest BCUT2D eigenvalue weighted by Crippen LogP contribution is -2.44. The molecule has 0 saturated heterocycles. The van der Waals surface area contributed by atoms with E-state index in [0.29, 0.717) is 0 Å². The maximum atomic E-state index is 12.5. The Morgan fingerprint density at radius 2 is 0.595 bits per heavy atom. The first kappa shape index (κ1) is 36.3. The third kappa shape index (κ3) is 20.9. The van der Waals surface area contributed by atoms with Crippen molar-refractivity contribution in [1.82, 2.24) is 0 Å². The molecule has 37 heavy (non-hydrogen) atoms. The highest BCUT2D eigenvalue weighted by Crippen LogP contribution is 2.27. The molecule has 0 aromatic rings. The number of carbonyl (C=O) groups is 4. The number of ether oxygens (including phenoxy) is 4. The molecule has 0 heterocycles. The van der Waals surface area contributed by atoms with Gasteiger partial charge >= 0.3 is 23.9 Å². The van der Waals surface area contributed by atoms with Crippen LogP contribution in [0.15, 0.2) is 0 Å². The lowest BCUT2D eigenvalue weighted by atomic mass is 9.91. The molecule has 0 radical (unpaired) electrons. The zero-order chi connectivity index (χ0) is 29.3. The molecule has 8 nitrogen and oxygen atoms in total. The Bertz CT molecular complexity index is 653. The SMILES string of the molecule is CC(C)(S)CC(=O)OCC(COC(=O)CC(C)(C)S)(COC(=O)CC(C)(C)S)COC(=O)CC(C)(C)S. The van der Waals surface area contributed by atoms with Crippen LogP contribution >= 0.6 is 50.5 Å². The minimum Gasteiger partial charge on any atom is -0.465 e. The molecule has 0 bridgehead atoms. The quantitative estimate of drug-likeness (QED) is 0.116. The van der Waals surface area contributed by atoms with Gasteiger partial charge in [-0.2, -0.15) is 50.5 Å². The summed E-state index contributed by atoms with van der Waals surface area (Å²) in [4.78, 5) is 49.8. The molecule has 0 N–H and O–H groups in total. The summed E-state index contributed by atoms with van der Waals surface area (Å²) >= 11 is 17.4. The van der Waals surface area contributed by atoms with Crippen molar-refractivity contribution in [2.75, 3.05) is 26.4 Å². The summed E-state index contributed by atoms with van der Waals surface area (Å²) < 4.78 is 19.4. The molecular formula is C25H44O8S4. The Morgan fingerprint density at radius 1 is 0.432 bits per heavy atom. The molecule has 0 aliphatic heterocycles. The van der Waals surface area contributed by atoms with Crippen LogP contribution in [0.5, 0.6) is 0 Å². The summed E-state index contributed by atoms with van der Waals surface area (Å²) in [6, 6.07) is 0. The third-order valence-corrected chi connectivity index (χ3v) is 5.10. The van der Waals surface area contributed by atoms with E-state index in [1.165, 1.54) is 0 Å². The van der Waals surface area contributed by atoms with E-state index < -0.39 is 48.3 Å². The van der Waals surface area contributed by atoms with E-state index in [4.69, 9.17) is 18.9 Å². The zero-order valence-electron chi connectivity index (χ0n) is 23.2. The van der Waals surface area contributed by atoms with Gasteiger partial charge in [-0.15, -0.1) is 0 Å². The lowest BCUT2D eigenvalue weighted by molar-refractivity contribution is -0.171. The van der Waals surface area contributed by atoms with Crippen LogP contribution in [0.3, 0.4) is 0 Å². The first-order valence-corrected chi connectivity index (χ1v) is 13.7. The Kier molecular flexibility index (Phi) is 14.3. The van der Waals surface area contributed by atoms with Crippen molar-refractivity contribution in [1.29, 1.82) is 0 Å². The van der Waals surface area contributed by atoms with Crippen LogP contribution in [0.1, 0.15) is 81.1 Å². The maximum Gasteiger partial charge on any atom is 0.307 e. The number of esters is 4. The molecule has 0 atom stereocenters. The second kappa shape index (κ2) is 14.6. The topological polar surface area (TPSA) is 105 Å². The molecule has 0 aromatic heterocycles. The van der Waals surface area contributed by atoms with Crippen LogP contribution in [0.25, 0.3) is 0 Å². The van der Waals surface area contributed by atoms with Crippen LogP contribution in [0.2, 0.25) is 0 Å². The summed E-state index contributed by atoms with van der Waals surface area (Å²) in [5.74, 6) is -2.23. The summed E-state index contributed by atoms with van der Waals surface area (Å²) in [5, 5.41) is 0. The molecular weight excluding hydrogens is 557 g/mol. The Labute approximate surface area is 243 Å². The van der Waals surface area contributed by atoms with Crippen LogP contribution in [0.4, 0.5) is 0 Å². The van der Waals surface area contributed by atoms with Crippen molar-refractivity contribution in [3.8, 4) is 0 Å². The van der Waals surface area contributed by atoms with Gasteiger partial charge in [0.05, 0.1) is 25.7 Å². The number of thiol groups is 4. The largest absolute Gasteiger partial charge is 0.465 e. The number of hydrogen-bond donors (Lipinski definition) is 4. The van der Waals surface area contributed by atoms with Crippen molar-refractivity contribution in [3.63, 3.8) is 0 Å². The fourth-order valence-corrected chi connectivity index (χ4v) is 3.32. The monoisotopic (exact) mass is 600 g/mol. The van der Waals surface area contributed by atoms with Gasteiger partial charge in [-0.3, -0.25) is 19.2 Å². The first-order chi connectivity index (χ1) is 16.4. The van der Waals surface area contributed by atoms with E-state index in [2.05, 4.69) is 50.5 Å². The van der Waals surface area contributed by atoms with Crippen molar-refractivity contribution in [3.05, 3.63) is 0 Å². The molecule has 0 amide bonds. The third-order valence-electron chi connectivity index (χ3n) is 4.47. The van der Waals surface area contributed by atoms with Crippen molar-refractivity contribution < 1.29 is 38.1 Å². The molecule has 0 aromatic carbocycles. The van der Waals surface area contributed by atoms with Crippen molar-refractivity contribution in [2.45, 2.75) is 100 Å². The maximum absolute atomic E-state index is 12.5. The lowest BCUT2D eigenvalue weighted by Gasteiger charge is -2.33. The molecule has 0 rings (SSSR count). The minimum absolute atomic E-state index is 0.00107.